The van der Waals surface area contributed by atoms with Gasteiger partial charge >= 0.3 is 0 Å². The molecule has 2 fully saturated rings. The minimum atomic E-state index is -0.897. The fourth-order valence-electron chi connectivity index (χ4n) is 3.67. The Hall–Kier alpha value is -1.95. The molecule has 2 bridgehead atoms. The molecule has 5 unspecified atom stereocenters. The van der Waals surface area contributed by atoms with Crippen molar-refractivity contribution in [3.8, 4) is 0 Å². The van der Waals surface area contributed by atoms with Crippen LogP contribution in [0.2, 0.25) is 0 Å². The van der Waals surface area contributed by atoms with Crippen molar-refractivity contribution in [1.29, 1.82) is 0 Å². The largest absolute Gasteiger partial charge is 0.343 e. The summed E-state index contributed by atoms with van der Waals surface area (Å²) in [5.41, 5.74) is 0. The molecule has 0 aromatic heterocycles. The molecule has 2 heterocycles. The van der Waals surface area contributed by atoms with Gasteiger partial charge < -0.3 is 26.6 Å². The van der Waals surface area contributed by atoms with Crippen molar-refractivity contribution in [2.75, 3.05) is 11.5 Å². The van der Waals surface area contributed by atoms with Gasteiger partial charge in [0, 0.05) is 11.5 Å². The predicted octanol–water partition coefficient (Wildman–Crippen LogP) is 0.177. The summed E-state index contributed by atoms with van der Waals surface area (Å²) >= 11 is 0. The van der Waals surface area contributed by atoms with E-state index in [1.807, 2.05) is 13.8 Å². The lowest BCUT2D eigenvalue weighted by Gasteiger charge is -2.29. The van der Waals surface area contributed by atoms with Crippen LogP contribution in [0, 0.1) is 17.8 Å². The van der Waals surface area contributed by atoms with Crippen LogP contribution < -0.4 is 26.6 Å². The minimum Gasteiger partial charge on any atom is -0.343 e. The molecule has 5 amide bonds. The smallest absolute Gasteiger partial charge is 0.244 e. The number of amides is 5. The van der Waals surface area contributed by atoms with Gasteiger partial charge in [-0.1, -0.05) is 63.1 Å². The van der Waals surface area contributed by atoms with E-state index in [0.717, 1.165) is 0 Å². The highest BCUT2D eigenvalue weighted by Gasteiger charge is 2.37. The summed E-state index contributed by atoms with van der Waals surface area (Å²) in [5, 5.41) is 13.7. The number of nitrogens with one attached hydrogen (secondary N) is 5. The molecule has 2 aliphatic heterocycles. The van der Waals surface area contributed by atoms with Gasteiger partial charge in [0.2, 0.25) is 29.5 Å². The fraction of sp³-hybridized carbons (Fsp3) is 0.773. The van der Waals surface area contributed by atoms with Crippen LogP contribution in [0.15, 0.2) is 0 Å². The second kappa shape index (κ2) is 12.7. The lowest BCUT2D eigenvalue weighted by atomic mass is 9.98. The van der Waals surface area contributed by atoms with Crippen LogP contribution in [0.1, 0.15) is 48.0 Å². The minimum absolute atomic E-state index is 0.0952. The van der Waals surface area contributed by atoms with Crippen LogP contribution in [-0.4, -0.2) is 71.3 Å². The molecule has 10 nitrogen and oxygen atoms in total. The number of rotatable bonds is 4. The summed E-state index contributed by atoms with van der Waals surface area (Å²) in [6.45, 7) is 11.0. The normalized spacial score (nSPS) is 29.9. The molecule has 0 aromatic carbocycles. The third-order valence-corrected chi connectivity index (χ3v) is 8.07. The van der Waals surface area contributed by atoms with Gasteiger partial charge in [-0.2, -0.15) is 0 Å². The molecule has 5 N–H and O–H groups in total. The zero-order valence-corrected chi connectivity index (χ0v) is 22.2. The molecule has 12 heteroatoms. The van der Waals surface area contributed by atoms with Gasteiger partial charge in [-0.05, 0) is 24.2 Å². The van der Waals surface area contributed by atoms with Crippen molar-refractivity contribution in [3.63, 3.8) is 0 Å². The van der Waals surface area contributed by atoms with Crippen molar-refractivity contribution in [1.82, 2.24) is 26.6 Å². The van der Waals surface area contributed by atoms with Crippen LogP contribution in [0.3, 0.4) is 0 Å². The Morgan fingerprint density at radius 1 is 0.618 bits per heavy atom. The van der Waals surface area contributed by atoms with Crippen molar-refractivity contribution < 1.29 is 24.0 Å². The lowest BCUT2D eigenvalue weighted by molar-refractivity contribution is -0.135. The summed E-state index contributed by atoms with van der Waals surface area (Å²) < 4.78 is 0. The molecule has 0 saturated carbocycles. The molecule has 5 atom stereocenters. The zero-order chi connectivity index (χ0) is 25.6. The predicted molar refractivity (Wildman–Crippen MR) is 134 cm³/mol. The Kier molecular flexibility index (Phi) is 10.5. The maximum Gasteiger partial charge on any atom is 0.244 e. The maximum atomic E-state index is 13.2. The highest BCUT2D eigenvalue weighted by molar-refractivity contribution is 8.76. The summed E-state index contributed by atoms with van der Waals surface area (Å²) in [7, 11) is 2.80. The van der Waals surface area contributed by atoms with Gasteiger partial charge in [-0.15, -0.1) is 0 Å². The van der Waals surface area contributed by atoms with Gasteiger partial charge in [0.1, 0.15) is 30.2 Å². The van der Waals surface area contributed by atoms with Crippen LogP contribution in [0.25, 0.3) is 0 Å². The molecular weight excluding hydrogens is 478 g/mol. The first-order valence-electron chi connectivity index (χ1n) is 11.7. The fourth-order valence-corrected chi connectivity index (χ4v) is 6.00. The SMILES string of the molecule is CC(C)CC1NC(=O)C(C(C)C)NC(=O)C(C(C)C)NC(=O)C2CSSCC(NC1=O)C(=O)N2. The average Bonchev–Trinajstić information content (AvgIpc) is 2.72. The second-order valence-corrected chi connectivity index (χ2v) is 12.4. The van der Waals surface area contributed by atoms with Crippen molar-refractivity contribution >= 4 is 51.1 Å². The van der Waals surface area contributed by atoms with E-state index in [-0.39, 0.29) is 17.8 Å². The Morgan fingerprint density at radius 2 is 1.03 bits per heavy atom. The molecule has 2 saturated heterocycles. The first kappa shape index (κ1) is 28.3. The summed E-state index contributed by atoms with van der Waals surface area (Å²) in [6, 6.07) is -4.39. The quantitative estimate of drug-likeness (QED) is 0.336. The number of hydrogen-bond donors (Lipinski definition) is 5. The highest BCUT2D eigenvalue weighted by Crippen LogP contribution is 2.25. The molecule has 0 aromatic rings. The monoisotopic (exact) mass is 515 g/mol. The Morgan fingerprint density at radius 3 is 1.50 bits per heavy atom. The first-order chi connectivity index (χ1) is 15.9. The molecule has 34 heavy (non-hydrogen) atoms. The van der Waals surface area contributed by atoms with Crippen molar-refractivity contribution in [2.45, 2.75) is 78.2 Å². The molecule has 0 radical (unpaired) electrons. The van der Waals surface area contributed by atoms with Crippen LogP contribution in [0.5, 0.6) is 0 Å². The standard InChI is InChI=1S/C22H37N5O5S2/c1-10(2)7-13-18(28)24-14-8-33-34-9-15(25-19(14)29)20(30)26-17(12(5)6)22(32)27-16(11(3)4)21(31)23-13/h10-17H,7-9H2,1-6H3,(H,23,31)(H,24,28)(H,25,29)(H,26,30)(H,27,32). The molecule has 192 valence electrons. The number of carbonyl (C=O) groups is 5. The van der Waals surface area contributed by atoms with Crippen molar-refractivity contribution in [2.24, 2.45) is 17.8 Å². The van der Waals surface area contributed by atoms with Crippen LogP contribution in [0.4, 0.5) is 0 Å². The average molecular weight is 516 g/mol. The topological polar surface area (TPSA) is 146 Å². The molecule has 2 rings (SSSR count). The van der Waals surface area contributed by atoms with Crippen LogP contribution in [-0.2, 0) is 24.0 Å². The van der Waals surface area contributed by atoms with E-state index in [1.54, 1.807) is 27.7 Å². The van der Waals surface area contributed by atoms with Gasteiger partial charge in [0.05, 0.1) is 0 Å². The lowest BCUT2D eigenvalue weighted by Crippen LogP contribution is -2.60. The number of hydrogen-bond acceptors (Lipinski definition) is 7. The molecular formula is C22H37N5O5S2. The maximum absolute atomic E-state index is 13.2. The van der Waals surface area contributed by atoms with E-state index in [2.05, 4.69) is 26.6 Å². The van der Waals surface area contributed by atoms with Crippen molar-refractivity contribution in [3.05, 3.63) is 0 Å². The Bertz CT molecular complexity index is 792. The third kappa shape index (κ3) is 7.79. The summed E-state index contributed by atoms with van der Waals surface area (Å²) in [5.74, 6) is -2.19. The Labute approximate surface area is 209 Å². The van der Waals surface area contributed by atoms with Gasteiger partial charge in [0.25, 0.3) is 0 Å². The highest BCUT2D eigenvalue weighted by atomic mass is 33.1. The second-order valence-electron chi connectivity index (χ2n) is 9.84. The summed E-state index contributed by atoms with van der Waals surface area (Å²) in [4.78, 5) is 65.3. The van der Waals surface area contributed by atoms with Gasteiger partial charge in [-0.3, -0.25) is 24.0 Å². The molecule has 0 aliphatic carbocycles. The summed E-state index contributed by atoms with van der Waals surface area (Å²) in [6.07, 6.45) is 0.365. The zero-order valence-electron chi connectivity index (χ0n) is 20.6. The van der Waals surface area contributed by atoms with E-state index in [4.69, 9.17) is 0 Å². The molecule has 2 aliphatic rings. The van der Waals surface area contributed by atoms with E-state index >= 15 is 0 Å². The Balaban J connectivity index is 2.46. The van der Waals surface area contributed by atoms with E-state index in [1.165, 1.54) is 21.6 Å². The number of fused-ring (bicyclic) bond motifs is 3. The number of carbonyl (C=O) groups excluding carboxylic acids is 5. The van der Waals surface area contributed by atoms with E-state index < -0.39 is 59.7 Å². The van der Waals surface area contributed by atoms with E-state index in [0.29, 0.717) is 17.9 Å². The van der Waals surface area contributed by atoms with Crippen LogP contribution >= 0.6 is 21.6 Å². The third-order valence-electron chi connectivity index (χ3n) is 5.65. The van der Waals surface area contributed by atoms with E-state index in [9.17, 15) is 24.0 Å². The van der Waals surface area contributed by atoms with Gasteiger partial charge in [0.15, 0.2) is 0 Å². The first-order valence-corrected chi connectivity index (χ1v) is 14.2. The van der Waals surface area contributed by atoms with Gasteiger partial charge in [-0.25, -0.2) is 0 Å². The molecule has 0 spiro atoms.